The number of aliphatic hydroxyl groups excluding tert-OH is 1. The summed E-state index contributed by atoms with van der Waals surface area (Å²) in [7, 11) is 0. The second kappa shape index (κ2) is 5.68. The van der Waals surface area contributed by atoms with Crippen molar-refractivity contribution in [3.63, 3.8) is 0 Å². The molecule has 0 aliphatic rings. The lowest BCUT2D eigenvalue weighted by Gasteiger charge is -2.13. The summed E-state index contributed by atoms with van der Waals surface area (Å²) in [4.78, 5) is 0. The fraction of sp³-hybridized carbons (Fsp3) is 0.200. The maximum atomic E-state index is 13.7. The fourth-order valence-corrected chi connectivity index (χ4v) is 2.12. The molecule has 0 amide bonds. The zero-order valence-corrected chi connectivity index (χ0v) is 11.1. The van der Waals surface area contributed by atoms with Gasteiger partial charge < -0.3 is 5.11 Å². The predicted molar refractivity (Wildman–Crippen MR) is 71.2 cm³/mol. The first-order chi connectivity index (χ1) is 8.97. The van der Waals surface area contributed by atoms with Crippen LogP contribution in [0.25, 0.3) is 0 Å². The van der Waals surface area contributed by atoms with Crippen molar-refractivity contribution in [2.45, 2.75) is 19.4 Å². The third-order valence-corrected chi connectivity index (χ3v) is 3.30. The van der Waals surface area contributed by atoms with Gasteiger partial charge in [-0.15, -0.1) is 0 Å². The largest absolute Gasteiger partial charge is 0.388 e. The van der Waals surface area contributed by atoms with Crippen molar-refractivity contribution in [1.29, 1.82) is 0 Å². The minimum Gasteiger partial charge on any atom is -0.388 e. The van der Waals surface area contributed by atoms with Crippen molar-refractivity contribution in [2.24, 2.45) is 0 Å². The topological polar surface area (TPSA) is 20.2 Å². The van der Waals surface area contributed by atoms with Gasteiger partial charge in [0.25, 0.3) is 0 Å². The molecule has 0 saturated heterocycles. The number of benzene rings is 2. The molecule has 0 fully saturated rings. The Labute approximate surface area is 115 Å². The number of halogens is 3. The van der Waals surface area contributed by atoms with Crippen LogP contribution in [-0.2, 0) is 6.42 Å². The van der Waals surface area contributed by atoms with Gasteiger partial charge in [0.05, 0.1) is 6.10 Å². The van der Waals surface area contributed by atoms with E-state index >= 15 is 0 Å². The summed E-state index contributed by atoms with van der Waals surface area (Å²) in [5, 5.41) is 10.4. The molecule has 0 heterocycles. The number of rotatable bonds is 3. The number of hydrogen-bond donors (Lipinski definition) is 1. The van der Waals surface area contributed by atoms with Gasteiger partial charge in [0.1, 0.15) is 11.6 Å². The standard InChI is InChI=1S/C15H13ClF2O/c1-9-2-4-12(14(18)6-9)15(19)8-10-7-11(17)3-5-13(10)16/h2-7,15,19H,8H2,1H3. The molecule has 100 valence electrons. The van der Waals surface area contributed by atoms with Gasteiger partial charge in [0.15, 0.2) is 0 Å². The lowest BCUT2D eigenvalue weighted by Crippen LogP contribution is -2.05. The van der Waals surface area contributed by atoms with Gasteiger partial charge in [0, 0.05) is 17.0 Å². The number of hydrogen-bond acceptors (Lipinski definition) is 1. The molecular formula is C15H13ClF2O. The number of aryl methyl sites for hydroxylation is 1. The van der Waals surface area contributed by atoms with Crippen LogP contribution >= 0.6 is 11.6 Å². The van der Waals surface area contributed by atoms with Gasteiger partial charge in [-0.05, 0) is 42.3 Å². The zero-order chi connectivity index (χ0) is 14.0. The van der Waals surface area contributed by atoms with Crippen molar-refractivity contribution in [3.8, 4) is 0 Å². The van der Waals surface area contributed by atoms with Crippen LogP contribution < -0.4 is 0 Å². The van der Waals surface area contributed by atoms with E-state index in [4.69, 9.17) is 11.6 Å². The van der Waals surface area contributed by atoms with E-state index in [1.54, 1.807) is 13.0 Å². The average molecular weight is 283 g/mol. The molecule has 1 atom stereocenters. The van der Waals surface area contributed by atoms with Gasteiger partial charge in [-0.3, -0.25) is 0 Å². The molecule has 4 heteroatoms. The first-order valence-corrected chi connectivity index (χ1v) is 6.23. The molecule has 0 saturated carbocycles. The van der Waals surface area contributed by atoms with Gasteiger partial charge in [-0.2, -0.15) is 0 Å². The Morgan fingerprint density at radius 2 is 1.89 bits per heavy atom. The van der Waals surface area contributed by atoms with Gasteiger partial charge in [0.2, 0.25) is 0 Å². The first-order valence-electron chi connectivity index (χ1n) is 5.85. The predicted octanol–water partition coefficient (Wildman–Crippen LogP) is 4.20. The Bertz CT molecular complexity index is 599. The van der Waals surface area contributed by atoms with Crippen molar-refractivity contribution in [2.75, 3.05) is 0 Å². The van der Waals surface area contributed by atoms with Crippen molar-refractivity contribution in [3.05, 3.63) is 69.7 Å². The van der Waals surface area contributed by atoms with E-state index in [-0.39, 0.29) is 12.0 Å². The highest BCUT2D eigenvalue weighted by Gasteiger charge is 2.15. The SMILES string of the molecule is Cc1ccc(C(O)Cc2cc(F)ccc2Cl)c(F)c1. The molecule has 0 aliphatic carbocycles. The summed E-state index contributed by atoms with van der Waals surface area (Å²) in [6, 6.07) is 8.51. The molecule has 0 aliphatic heterocycles. The summed E-state index contributed by atoms with van der Waals surface area (Å²) in [5.74, 6) is -0.906. The monoisotopic (exact) mass is 282 g/mol. The smallest absolute Gasteiger partial charge is 0.129 e. The summed E-state index contributed by atoms with van der Waals surface area (Å²) >= 11 is 5.92. The molecule has 1 N–H and O–H groups in total. The molecule has 0 spiro atoms. The minimum atomic E-state index is -1.06. The molecular weight excluding hydrogens is 270 g/mol. The Balaban J connectivity index is 2.25. The van der Waals surface area contributed by atoms with Crippen LogP contribution in [0.4, 0.5) is 8.78 Å². The van der Waals surface area contributed by atoms with Crippen molar-refractivity contribution in [1.82, 2.24) is 0 Å². The molecule has 0 radical (unpaired) electrons. The van der Waals surface area contributed by atoms with Crippen molar-refractivity contribution < 1.29 is 13.9 Å². The highest BCUT2D eigenvalue weighted by molar-refractivity contribution is 6.31. The first kappa shape index (κ1) is 14.0. The third kappa shape index (κ3) is 3.31. The molecule has 2 rings (SSSR count). The lowest BCUT2D eigenvalue weighted by molar-refractivity contribution is 0.173. The summed E-state index contributed by atoms with van der Waals surface area (Å²) in [5.41, 5.74) is 1.41. The minimum absolute atomic E-state index is 0.0660. The average Bonchev–Trinajstić information content (AvgIpc) is 2.33. The second-order valence-corrected chi connectivity index (χ2v) is 4.89. The molecule has 19 heavy (non-hydrogen) atoms. The van der Waals surface area contributed by atoms with Crippen LogP contribution in [0, 0.1) is 18.6 Å². The summed E-state index contributed by atoms with van der Waals surface area (Å²) in [6.07, 6.45) is -0.990. The molecule has 1 nitrogen and oxygen atoms in total. The van der Waals surface area contributed by atoms with Crippen LogP contribution in [0.1, 0.15) is 22.8 Å². The van der Waals surface area contributed by atoms with Gasteiger partial charge >= 0.3 is 0 Å². The normalized spacial score (nSPS) is 12.5. The molecule has 2 aromatic carbocycles. The van der Waals surface area contributed by atoms with E-state index < -0.39 is 17.7 Å². The molecule has 0 bridgehead atoms. The molecule has 1 unspecified atom stereocenters. The maximum absolute atomic E-state index is 13.7. The van der Waals surface area contributed by atoms with Gasteiger partial charge in [-0.25, -0.2) is 8.78 Å². The second-order valence-electron chi connectivity index (χ2n) is 4.48. The van der Waals surface area contributed by atoms with E-state index in [0.29, 0.717) is 10.6 Å². The van der Waals surface area contributed by atoms with E-state index in [2.05, 4.69) is 0 Å². The van der Waals surface area contributed by atoms with E-state index in [9.17, 15) is 13.9 Å². The van der Waals surface area contributed by atoms with Gasteiger partial charge in [-0.1, -0.05) is 23.7 Å². The maximum Gasteiger partial charge on any atom is 0.129 e. The highest BCUT2D eigenvalue weighted by Crippen LogP contribution is 2.26. The number of aliphatic hydroxyl groups is 1. The highest BCUT2D eigenvalue weighted by atomic mass is 35.5. The Morgan fingerprint density at radius 3 is 2.58 bits per heavy atom. The van der Waals surface area contributed by atoms with Crippen LogP contribution in [0.2, 0.25) is 5.02 Å². The lowest BCUT2D eigenvalue weighted by atomic mass is 10.00. The Hall–Kier alpha value is -1.45. The van der Waals surface area contributed by atoms with Crippen LogP contribution in [0.15, 0.2) is 36.4 Å². The zero-order valence-electron chi connectivity index (χ0n) is 10.3. The third-order valence-electron chi connectivity index (χ3n) is 2.94. The summed E-state index contributed by atoms with van der Waals surface area (Å²) < 4.78 is 26.8. The van der Waals surface area contributed by atoms with Crippen LogP contribution in [0.3, 0.4) is 0 Å². The van der Waals surface area contributed by atoms with E-state index in [1.807, 2.05) is 0 Å². The van der Waals surface area contributed by atoms with Crippen LogP contribution in [-0.4, -0.2) is 5.11 Å². The van der Waals surface area contributed by atoms with Crippen molar-refractivity contribution >= 4 is 11.6 Å². The van der Waals surface area contributed by atoms with E-state index in [0.717, 1.165) is 5.56 Å². The van der Waals surface area contributed by atoms with Crippen LogP contribution in [0.5, 0.6) is 0 Å². The Kier molecular flexibility index (Phi) is 4.17. The van der Waals surface area contributed by atoms with E-state index in [1.165, 1.54) is 30.3 Å². The molecule has 2 aromatic rings. The quantitative estimate of drug-likeness (QED) is 0.894. The molecule has 0 aromatic heterocycles. The Morgan fingerprint density at radius 1 is 1.16 bits per heavy atom. The summed E-state index contributed by atoms with van der Waals surface area (Å²) in [6.45, 7) is 1.77. The fourth-order valence-electron chi connectivity index (χ4n) is 1.92.